The number of methoxy groups -OCH3 is 2. The van der Waals surface area contributed by atoms with Crippen LogP contribution in [0.1, 0.15) is 50.6 Å². The van der Waals surface area contributed by atoms with Crippen molar-refractivity contribution < 1.29 is 21.9 Å². The summed E-state index contributed by atoms with van der Waals surface area (Å²) in [5, 5.41) is 23.2. The minimum atomic E-state index is -0.145. The third kappa shape index (κ3) is 8.75. The average Bonchev–Trinajstić information content (AvgIpc) is 3.74. The van der Waals surface area contributed by atoms with Crippen LogP contribution in [0.3, 0.4) is 0 Å². The number of nitrogens with one attached hydrogen (secondary N) is 2. The SMILES string of the molecule is COc1ccc(CC(=O)Nc2nnc(C3CCCC3)s2)cn1.COc1ccc(CC(=O)Nc2nncs2)cn1.[HH].[HH]. The minimum Gasteiger partial charge on any atom is -0.481 e. The molecule has 14 heteroatoms. The summed E-state index contributed by atoms with van der Waals surface area (Å²) in [7, 11) is 3.11. The number of carbonyl (C=O) groups is 2. The van der Waals surface area contributed by atoms with Crippen molar-refractivity contribution in [3.63, 3.8) is 0 Å². The van der Waals surface area contributed by atoms with Crippen LogP contribution in [0.25, 0.3) is 0 Å². The van der Waals surface area contributed by atoms with Crippen molar-refractivity contribution >= 4 is 44.8 Å². The maximum absolute atomic E-state index is 12.0. The van der Waals surface area contributed by atoms with Gasteiger partial charge in [0.25, 0.3) is 0 Å². The fourth-order valence-corrected chi connectivity index (χ4v) is 5.21. The molecule has 0 radical (unpaired) electrons. The van der Waals surface area contributed by atoms with E-state index in [-0.39, 0.29) is 27.5 Å². The van der Waals surface area contributed by atoms with Crippen LogP contribution < -0.4 is 20.1 Å². The molecular weight excluding hydrogens is 540 g/mol. The first-order valence-corrected chi connectivity index (χ1v) is 13.9. The predicted octanol–water partition coefficient (Wildman–Crippen LogP) is 4.40. The van der Waals surface area contributed by atoms with Gasteiger partial charge in [-0.2, -0.15) is 0 Å². The van der Waals surface area contributed by atoms with E-state index >= 15 is 0 Å². The fraction of sp³-hybridized carbons (Fsp3) is 0.360. The van der Waals surface area contributed by atoms with E-state index in [1.165, 1.54) is 48.4 Å². The van der Waals surface area contributed by atoms with Gasteiger partial charge in [-0.05, 0) is 24.0 Å². The maximum Gasteiger partial charge on any atom is 0.230 e. The summed E-state index contributed by atoms with van der Waals surface area (Å²) in [6.07, 6.45) is 8.64. The smallest absolute Gasteiger partial charge is 0.230 e. The molecule has 0 aliphatic heterocycles. The normalized spacial score (nSPS) is 12.8. The number of carbonyl (C=O) groups excluding carboxylic acids is 2. The largest absolute Gasteiger partial charge is 0.481 e. The monoisotopic (exact) mass is 572 g/mol. The quantitative estimate of drug-likeness (QED) is 0.295. The van der Waals surface area contributed by atoms with E-state index in [1.54, 1.807) is 50.3 Å². The zero-order valence-electron chi connectivity index (χ0n) is 21.5. The molecule has 208 valence electrons. The molecule has 1 aliphatic rings. The Morgan fingerprint density at radius 3 is 1.95 bits per heavy atom. The van der Waals surface area contributed by atoms with E-state index in [9.17, 15) is 9.59 Å². The van der Waals surface area contributed by atoms with Gasteiger partial charge in [0.05, 0.1) is 27.1 Å². The lowest BCUT2D eigenvalue weighted by atomic mass is 10.1. The van der Waals surface area contributed by atoms with E-state index < -0.39 is 0 Å². The Morgan fingerprint density at radius 2 is 1.46 bits per heavy atom. The molecule has 4 aromatic rings. The van der Waals surface area contributed by atoms with E-state index in [0.717, 1.165) is 16.1 Å². The summed E-state index contributed by atoms with van der Waals surface area (Å²) in [6, 6.07) is 7.08. The Labute approximate surface area is 236 Å². The zero-order valence-corrected chi connectivity index (χ0v) is 23.1. The van der Waals surface area contributed by atoms with Crippen LogP contribution in [0.5, 0.6) is 11.8 Å². The minimum absolute atomic E-state index is 0. The van der Waals surface area contributed by atoms with Crippen molar-refractivity contribution in [2.75, 3.05) is 24.9 Å². The molecule has 5 rings (SSSR count). The first-order chi connectivity index (χ1) is 19.0. The molecule has 4 aromatic heterocycles. The lowest BCUT2D eigenvalue weighted by Crippen LogP contribution is -2.14. The molecule has 2 amide bonds. The lowest BCUT2D eigenvalue weighted by Gasteiger charge is -2.03. The zero-order chi connectivity index (χ0) is 27.5. The van der Waals surface area contributed by atoms with Gasteiger partial charge in [0, 0.05) is 33.3 Å². The van der Waals surface area contributed by atoms with Crippen LogP contribution in [-0.4, -0.2) is 56.4 Å². The number of nitrogens with zero attached hydrogens (tertiary/aromatic N) is 6. The third-order valence-corrected chi connectivity index (χ3v) is 7.35. The third-order valence-electron chi connectivity index (χ3n) is 5.74. The summed E-state index contributed by atoms with van der Waals surface area (Å²) in [6.45, 7) is 0. The number of amides is 2. The molecule has 0 saturated heterocycles. The highest BCUT2D eigenvalue weighted by Crippen LogP contribution is 2.36. The molecular formula is C25H32N8O4S2. The number of rotatable bonds is 9. The van der Waals surface area contributed by atoms with Crippen molar-refractivity contribution in [2.24, 2.45) is 0 Å². The van der Waals surface area contributed by atoms with Crippen molar-refractivity contribution in [1.29, 1.82) is 0 Å². The topological polar surface area (TPSA) is 154 Å². The summed E-state index contributed by atoms with van der Waals surface area (Å²) in [4.78, 5) is 31.7. The fourth-order valence-electron chi connectivity index (χ4n) is 3.82. The molecule has 4 heterocycles. The Kier molecular flexibility index (Phi) is 10.2. The summed E-state index contributed by atoms with van der Waals surface area (Å²) < 4.78 is 9.92. The van der Waals surface area contributed by atoms with Crippen LogP contribution in [-0.2, 0) is 22.4 Å². The van der Waals surface area contributed by atoms with E-state index in [2.05, 4.69) is 41.0 Å². The van der Waals surface area contributed by atoms with Gasteiger partial charge in [-0.25, -0.2) is 9.97 Å². The molecule has 0 bridgehead atoms. The molecule has 2 N–H and O–H groups in total. The van der Waals surface area contributed by atoms with Gasteiger partial charge in [0.1, 0.15) is 10.5 Å². The summed E-state index contributed by atoms with van der Waals surface area (Å²) in [5.41, 5.74) is 3.21. The van der Waals surface area contributed by atoms with Gasteiger partial charge in [-0.1, -0.05) is 47.6 Å². The molecule has 1 aliphatic carbocycles. The number of hydrogen-bond donors (Lipinski definition) is 2. The first kappa shape index (κ1) is 28.0. The molecule has 0 unspecified atom stereocenters. The number of ether oxygens (including phenoxy) is 2. The van der Waals surface area contributed by atoms with E-state index in [4.69, 9.17) is 9.47 Å². The van der Waals surface area contributed by atoms with Crippen LogP contribution in [0, 0.1) is 0 Å². The van der Waals surface area contributed by atoms with Crippen LogP contribution in [0.2, 0.25) is 0 Å². The van der Waals surface area contributed by atoms with Gasteiger partial charge in [-0.15, -0.1) is 20.4 Å². The molecule has 0 spiro atoms. The van der Waals surface area contributed by atoms with Gasteiger partial charge in [0.2, 0.25) is 33.8 Å². The Hall–Kier alpha value is -4.04. The predicted molar refractivity (Wildman–Crippen MR) is 152 cm³/mol. The van der Waals surface area contributed by atoms with Gasteiger partial charge in [-0.3, -0.25) is 9.59 Å². The Balaban J connectivity index is 0.000000282. The molecule has 1 fully saturated rings. The molecule has 39 heavy (non-hydrogen) atoms. The second-order valence-electron chi connectivity index (χ2n) is 8.54. The van der Waals surface area contributed by atoms with Crippen LogP contribution in [0.15, 0.2) is 42.2 Å². The number of aromatic nitrogens is 6. The lowest BCUT2D eigenvalue weighted by molar-refractivity contribution is -0.116. The van der Waals surface area contributed by atoms with Crippen molar-refractivity contribution in [3.05, 3.63) is 58.3 Å². The van der Waals surface area contributed by atoms with Gasteiger partial charge < -0.3 is 20.1 Å². The molecule has 0 atom stereocenters. The van der Waals surface area contributed by atoms with E-state index in [0.29, 0.717) is 27.9 Å². The standard InChI is InChI=1S/C15H18N4O2S.C10H10N4O2S.2H2/c1-21-13-7-6-10(9-16-13)8-12(20)17-15-19-18-14(22-15)11-4-2-3-5-11;1-16-9-3-2-7(5-11-9)4-8(15)13-10-14-12-6-17-10;;/h6-7,9,11H,2-5,8H2,1H3,(H,17,19,20);2-3,5-6H,4H2,1H3,(H,13,14,15);2*1H. The average molecular weight is 573 g/mol. The number of pyridine rings is 2. The Bertz CT molecular complexity index is 1340. The maximum atomic E-state index is 12.0. The molecule has 12 nitrogen and oxygen atoms in total. The summed E-state index contributed by atoms with van der Waals surface area (Å²) >= 11 is 2.76. The van der Waals surface area contributed by atoms with Gasteiger partial charge in [0.15, 0.2) is 0 Å². The van der Waals surface area contributed by atoms with E-state index in [1.807, 2.05) is 6.07 Å². The highest BCUT2D eigenvalue weighted by molar-refractivity contribution is 7.15. The highest BCUT2D eigenvalue weighted by atomic mass is 32.1. The Morgan fingerprint density at radius 1 is 0.872 bits per heavy atom. The van der Waals surface area contributed by atoms with Gasteiger partial charge >= 0.3 is 0 Å². The first-order valence-electron chi connectivity index (χ1n) is 12.2. The van der Waals surface area contributed by atoms with Crippen molar-refractivity contribution in [3.8, 4) is 11.8 Å². The van der Waals surface area contributed by atoms with Crippen molar-refractivity contribution in [2.45, 2.75) is 44.4 Å². The number of hydrogen-bond acceptors (Lipinski definition) is 12. The number of anilines is 2. The second-order valence-corrected chi connectivity index (χ2v) is 10.4. The highest BCUT2D eigenvalue weighted by Gasteiger charge is 2.21. The van der Waals surface area contributed by atoms with Crippen LogP contribution in [0.4, 0.5) is 10.3 Å². The molecule has 0 aromatic carbocycles. The summed E-state index contributed by atoms with van der Waals surface area (Å²) in [5.74, 6) is 1.33. The molecule has 1 saturated carbocycles. The van der Waals surface area contributed by atoms with Crippen LogP contribution >= 0.6 is 22.7 Å². The second kappa shape index (κ2) is 14.2. The van der Waals surface area contributed by atoms with Crippen molar-refractivity contribution in [1.82, 2.24) is 30.4 Å².